The number of aliphatic hydroxyl groups excluding tert-OH is 1. The minimum atomic E-state index is -0.908. The van der Waals surface area contributed by atoms with E-state index in [2.05, 4.69) is 12.2 Å². The molecular weight excluding hydrogens is 304 g/mol. The molecule has 0 aromatic carbocycles. The summed E-state index contributed by atoms with van der Waals surface area (Å²) in [5.74, 6) is 0.327. The van der Waals surface area contributed by atoms with Crippen molar-refractivity contribution in [1.82, 2.24) is 0 Å². The lowest BCUT2D eigenvalue weighted by Gasteiger charge is -2.25. The van der Waals surface area contributed by atoms with Crippen molar-refractivity contribution in [3.05, 3.63) is 36.5 Å². The van der Waals surface area contributed by atoms with E-state index in [9.17, 15) is 9.90 Å². The molecule has 0 bridgehead atoms. The normalized spacial score (nSPS) is 27.5. The monoisotopic (exact) mass is 334 g/mol. The number of carboxylic acids is 1. The van der Waals surface area contributed by atoms with E-state index in [1.54, 1.807) is 6.08 Å². The molecule has 0 radical (unpaired) electrons. The first-order chi connectivity index (χ1) is 11.7. The van der Waals surface area contributed by atoms with Gasteiger partial charge in [-0.05, 0) is 37.5 Å². The van der Waals surface area contributed by atoms with Gasteiger partial charge in [0.1, 0.15) is 0 Å². The van der Waals surface area contributed by atoms with E-state index in [4.69, 9.17) is 9.84 Å². The molecule has 134 valence electrons. The largest absolute Gasteiger partial charge is 0.478 e. The molecule has 2 aliphatic rings. The number of allylic oxidation sites excluding steroid dienone is 3. The minimum absolute atomic E-state index is 0.316. The smallest absolute Gasteiger partial charge is 0.327 e. The van der Waals surface area contributed by atoms with Gasteiger partial charge >= 0.3 is 5.97 Å². The quantitative estimate of drug-likeness (QED) is 0.524. The summed E-state index contributed by atoms with van der Waals surface area (Å²) in [4.78, 5) is 10.4. The first-order valence-corrected chi connectivity index (χ1v) is 9.15. The Morgan fingerprint density at radius 3 is 2.67 bits per heavy atom. The van der Waals surface area contributed by atoms with Crippen LogP contribution in [0.25, 0.3) is 0 Å². The van der Waals surface area contributed by atoms with Crippen molar-refractivity contribution in [2.24, 2.45) is 17.8 Å². The molecule has 1 saturated carbocycles. The topological polar surface area (TPSA) is 66.8 Å². The van der Waals surface area contributed by atoms with Crippen LogP contribution in [0.4, 0.5) is 0 Å². The summed E-state index contributed by atoms with van der Waals surface area (Å²) in [6.07, 6.45) is 18.4. The molecule has 1 aliphatic heterocycles. The Kier molecular flexibility index (Phi) is 8.26. The van der Waals surface area contributed by atoms with E-state index in [1.807, 2.05) is 12.2 Å². The van der Waals surface area contributed by atoms with Gasteiger partial charge in [-0.15, -0.1) is 0 Å². The fourth-order valence-corrected chi connectivity index (χ4v) is 3.57. The molecule has 0 aromatic rings. The summed E-state index contributed by atoms with van der Waals surface area (Å²) in [5.41, 5.74) is 0. The average molecular weight is 334 g/mol. The van der Waals surface area contributed by atoms with Gasteiger partial charge in [-0.25, -0.2) is 4.79 Å². The van der Waals surface area contributed by atoms with Gasteiger partial charge in [0.15, 0.2) is 0 Å². The van der Waals surface area contributed by atoms with Crippen LogP contribution in [0.5, 0.6) is 0 Å². The molecular formula is C20H30O4. The number of carboxylic acid groups (broad SMARTS) is 1. The predicted molar refractivity (Wildman–Crippen MR) is 94.7 cm³/mol. The molecule has 0 spiro atoms. The molecule has 2 rings (SSSR count). The van der Waals surface area contributed by atoms with E-state index in [0.29, 0.717) is 24.2 Å². The zero-order valence-electron chi connectivity index (χ0n) is 14.3. The Balaban J connectivity index is 1.74. The highest BCUT2D eigenvalue weighted by Gasteiger charge is 2.26. The zero-order chi connectivity index (χ0) is 17.2. The predicted octanol–water partition coefficient (Wildman–Crippen LogP) is 3.72. The molecule has 1 heterocycles. The van der Waals surface area contributed by atoms with E-state index in [0.717, 1.165) is 32.5 Å². The van der Waals surface area contributed by atoms with Crippen molar-refractivity contribution in [3.8, 4) is 0 Å². The molecule has 2 N–H and O–H groups in total. The van der Waals surface area contributed by atoms with Gasteiger partial charge in [0.2, 0.25) is 0 Å². The molecule has 4 heteroatoms. The highest BCUT2D eigenvalue weighted by molar-refractivity contribution is 5.79. The van der Waals surface area contributed by atoms with Crippen LogP contribution >= 0.6 is 0 Å². The van der Waals surface area contributed by atoms with Crippen LogP contribution in [0.15, 0.2) is 36.5 Å². The molecule has 3 atom stereocenters. The van der Waals surface area contributed by atoms with Crippen molar-refractivity contribution in [3.63, 3.8) is 0 Å². The van der Waals surface area contributed by atoms with Gasteiger partial charge in [0, 0.05) is 12.0 Å². The van der Waals surface area contributed by atoms with Gasteiger partial charge in [0.05, 0.1) is 19.3 Å². The lowest BCUT2D eigenvalue weighted by molar-refractivity contribution is -0.131. The van der Waals surface area contributed by atoms with Crippen molar-refractivity contribution in [2.75, 3.05) is 13.2 Å². The number of carbonyl (C=O) groups is 1. The molecule has 24 heavy (non-hydrogen) atoms. The van der Waals surface area contributed by atoms with Gasteiger partial charge in [-0.2, -0.15) is 0 Å². The summed E-state index contributed by atoms with van der Waals surface area (Å²) >= 11 is 0. The van der Waals surface area contributed by atoms with Gasteiger partial charge in [-0.3, -0.25) is 0 Å². The van der Waals surface area contributed by atoms with Crippen LogP contribution in [0, 0.1) is 17.8 Å². The molecule has 1 aliphatic carbocycles. The van der Waals surface area contributed by atoms with Gasteiger partial charge in [-0.1, -0.05) is 49.6 Å². The SMILES string of the molecule is O=C(O)/C=C\CC=CC[C@@H]1COC[C@@H]1/C=C/C(O)C1CCCCC1. The molecule has 4 nitrogen and oxygen atoms in total. The average Bonchev–Trinajstić information content (AvgIpc) is 3.03. The third kappa shape index (κ3) is 6.62. The number of aliphatic hydroxyl groups is 1. The number of aliphatic carboxylic acids is 1. The fourth-order valence-electron chi connectivity index (χ4n) is 3.57. The number of hydrogen-bond donors (Lipinski definition) is 2. The highest BCUT2D eigenvalue weighted by atomic mass is 16.5. The van der Waals surface area contributed by atoms with E-state index < -0.39 is 5.97 Å². The Morgan fingerprint density at radius 2 is 1.92 bits per heavy atom. The second-order valence-corrected chi connectivity index (χ2v) is 6.92. The Labute approximate surface area is 144 Å². The van der Waals surface area contributed by atoms with E-state index in [-0.39, 0.29) is 6.10 Å². The lowest BCUT2D eigenvalue weighted by Crippen LogP contribution is -2.21. The van der Waals surface area contributed by atoms with Crippen molar-refractivity contribution < 1.29 is 19.7 Å². The van der Waals surface area contributed by atoms with Crippen molar-refractivity contribution in [1.29, 1.82) is 0 Å². The Bertz CT molecular complexity index is 460. The Hall–Kier alpha value is -1.39. The zero-order valence-corrected chi connectivity index (χ0v) is 14.3. The number of hydrogen-bond acceptors (Lipinski definition) is 3. The van der Waals surface area contributed by atoms with Gasteiger partial charge < -0.3 is 14.9 Å². The second kappa shape index (κ2) is 10.5. The summed E-state index contributed by atoms with van der Waals surface area (Å²) in [6, 6.07) is 0. The van der Waals surface area contributed by atoms with Crippen LogP contribution in [-0.2, 0) is 9.53 Å². The molecule has 1 saturated heterocycles. The third-order valence-electron chi connectivity index (χ3n) is 5.07. The summed E-state index contributed by atoms with van der Waals surface area (Å²) in [6.45, 7) is 1.48. The lowest BCUT2D eigenvalue weighted by atomic mass is 9.84. The maximum atomic E-state index is 10.4. The first-order valence-electron chi connectivity index (χ1n) is 9.15. The van der Waals surface area contributed by atoms with Crippen LogP contribution in [0.1, 0.15) is 44.9 Å². The van der Waals surface area contributed by atoms with Crippen LogP contribution < -0.4 is 0 Å². The van der Waals surface area contributed by atoms with Gasteiger partial charge in [0.25, 0.3) is 0 Å². The maximum Gasteiger partial charge on any atom is 0.327 e. The molecule has 1 unspecified atom stereocenters. The molecule has 2 fully saturated rings. The van der Waals surface area contributed by atoms with Crippen molar-refractivity contribution >= 4 is 5.97 Å². The summed E-state index contributed by atoms with van der Waals surface area (Å²) in [7, 11) is 0. The van der Waals surface area contributed by atoms with Crippen LogP contribution in [-0.4, -0.2) is 35.5 Å². The van der Waals surface area contributed by atoms with Crippen LogP contribution in [0.2, 0.25) is 0 Å². The first kappa shape index (κ1) is 18.9. The summed E-state index contributed by atoms with van der Waals surface area (Å²) < 4.78 is 5.60. The summed E-state index contributed by atoms with van der Waals surface area (Å²) in [5, 5.41) is 18.9. The Morgan fingerprint density at radius 1 is 1.12 bits per heavy atom. The number of rotatable bonds is 8. The van der Waals surface area contributed by atoms with Crippen LogP contribution in [0.3, 0.4) is 0 Å². The second-order valence-electron chi connectivity index (χ2n) is 6.92. The maximum absolute atomic E-state index is 10.4. The third-order valence-corrected chi connectivity index (χ3v) is 5.07. The van der Waals surface area contributed by atoms with E-state index >= 15 is 0 Å². The standard InChI is InChI=1S/C20H30O4/c21-19(16-8-5-3-6-9-16)13-12-18-15-24-14-17(18)10-4-1-2-7-11-20(22)23/h1,4,7,11-13,16-19,21H,2-3,5-6,8-10,14-15H2,(H,22,23)/b4-1?,11-7-,13-12+/t17-,18+,19?/m1/s1. The molecule has 0 aromatic heterocycles. The van der Waals surface area contributed by atoms with Crippen molar-refractivity contribution in [2.45, 2.75) is 51.0 Å². The molecule has 0 amide bonds. The van der Waals surface area contributed by atoms with E-state index in [1.165, 1.54) is 25.3 Å². The fraction of sp³-hybridized carbons (Fsp3) is 0.650. The minimum Gasteiger partial charge on any atom is -0.478 e. The number of ether oxygens (including phenoxy) is 1. The highest BCUT2D eigenvalue weighted by Crippen LogP contribution is 2.29.